The fraction of sp³-hybridized carbons (Fsp3) is 0.562. The first-order valence-electron chi connectivity index (χ1n) is 8.58. The van der Waals surface area contributed by atoms with Gasteiger partial charge in [0.2, 0.25) is 5.95 Å². The predicted molar refractivity (Wildman–Crippen MR) is 99.6 cm³/mol. The number of nitrogens with zero attached hydrogens (tertiary/aromatic N) is 4. The molecule has 28 heavy (non-hydrogen) atoms. The number of esters is 1. The number of aliphatic carboxylic acids is 2. The molecule has 0 aliphatic carbocycles. The molecule has 1 heterocycles. The average molecular weight is 398 g/mol. The molecule has 156 valence electrons. The lowest BCUT2D eigenvalue weighted by Gasteiger charge is -2.24. The van der Waals surface area contributed by atoms with Crippen molar-refractivity contribution < 1.29 is 29.3 Å². The summed E-state index contributed by atoms with van der Waals surface area (Å²) in [5.41, 5.74) is 11.2. The van der Waals surface area contributed by atoms with Gasteiger partial charge in [0.25, 0.3) is 0 Å². The van der Waals surface area contributed by atoms with E-state index < -0.39 is 23.9 Å². The van der Waals surface area contributed by atoms with Gasteiger partial charge in [-0.05, 0) is 19.5 Å². The van der Waals surface area contributed by atoms with Gasteiger partial charge < -0.3 is 31.3 Å². The largest absolute Gasteiger partial charge is 0.481 e. The van der Waals surface area contributed by atoms with E-state index in [4.69, 9.17) is 21.3 Å². The number of aromatic nitrogens is 2. The molecule has 12 nitrogen and oxygen atoms in total. The molecule has 1 aromatic heterocycles. The van der Waals surface area contributed by atoms with Crippen LogP contribution >= 0.6 is 0 Å². The summed E-state index contributed by atoms with van der Waals surface area (Å²) in [6.07, 6.45) is 1.08. The Bertz CT molecular complexity index is 673. The first kappa shape index (κ1) is 23.0. The van der Waals surface area contributed by atoms with Crippen LogP contribution in [-0.4, -0.2) is 88.9 Å². The molecule has 12 heteroatoms. The van der Waals surface area contributed by atoms with Gasteiger partial charge in [-0.1, -0.05) is 0 Å². The van der Waals surface area contributed by atoms with Crippen molar-refractivity contribution in [2.45, 2.75) is 18.9 Å². The van der Waals surface area contributed by atoms with Gasteiger partial charge in [-0.25, -0.2) is 4.98 Å². The zero-order chi connectivity index (χ0) is 21.1. The van der Waals surface area contributed by atoms with Crippen molar-refractivity contribution in [2.75, 3.05) is 50.5 Å². The number of carbonyl (C=O) groups is 3. The number of nitrogen functional groups attached to an aromatic ring is 1. The lowest BCUT2D eigenvalue weighted by atomic mass is 10.1. The SMILES string of the molecule is CN(CC(=O)OCCN(CCN)c1ccnc(N)n1)[C@H](CCC(=O)O)C(=O)O. The topological polar surface area (TPSA) is 185 Å². The normalized spacial score (nSPS) is 11.8. The molecule has 0 saturated heterocycles. The highest BCUT2D eigenvalue weighted by atomic mass is 16.5. The van der Waals surface area contributed by atoms with Gasteiger partial charge in [0.05, 0.1) is 13.1 Å². The molecular weight excluding hydrogens is 372 g/mol. The van der Waals surface area contributed by atoms with Crippen molar-refractivity contribution in [3.63, 3.8) is 0 Å². The Morgan fingerprint density at radius 2 is 2.00 bits per heavy atom. The number of hydrogen-bond donors (Lipinski definition) is 4. The number of carboxylic acid groups (broad SMARTS) is 2. The molecule has 1 atom stereocenters. The highest BCUT2D eigenvalue weighted by Gasteiger charge is 2.25. The predicted octanol–water partition coefficient (Wildman–Crippen LogP) is -1.38. The summed E-state index contributed by atoms with van der Waals surface area (Å²) in [7, 11) is 1.42. The van der Waals surface area contributed by atoms with Gasteiger partial charge in [0.1, 0.15) is 18.5 Å². The molecule has 0 fully saturated rings. The molecule has 1 rings (SSSR count). The molecule has 0 spiro atoms. The van der Waals surface area contributed by atoms with Crippen LogP contribution in [0.5, 0.6) is 0 Å². The molecule has 6 N–H and O–H groups in total. The molecular formula is C16H26N6O6. The summed E-state index contributed by atoms with van der Waals surface area (Å²) in [6.45, 7) is 0.872. The number of ether oxygens (including phenoxy) is 1. The average Bonchev–Trinajstić information content (AvgIpc) is 2.60. The number of rotatable bonds is 13. The molecule has 0 aromatic carbocycles. The van der Waals surface area contributed by atoms with Crippen LogP contribution in [0.3, 0.4) is 0 Å². The van der Waals surface area contributed by atoms with Gasteiger partial charge in [0.15, 0.2) is 0 Å². The number of carboxylic acids is 2. The third-order valence-corrected chi connectivity index (χ3v) is 3.83. The Morgan fingerprint density at radius 3 is 2.57 bits per heavy atom. The maximum atomic E-state index is 12.0. The highest BCUT2D eigenvalue weighted by molar-refractivity contribution is 5.77. The Labute approximate surface area is 162 Å². The summed E-state index contributed by atoms with van der Waals surface area (Å²) in [5, 5.41) is 17.9. The zero-order valence-electron chi connectivity index (χ0n) is 15.7. The molecule has 0 bridgehead atoms. The van der Waals surface area contributed by atoms with E-state index >= 15 is 0 Å². The molecule has 1 aromatic rings. The van der Waals surface area contributed by atoms with Crippen molar-refractivity contribution in [1.29, 1.82) is 0 Å². The summed E-state index contributed by atoms with van der Waals surface area (Å²) in [6, 6.07) is 0.558. The second kappa shape index (κ2) is 11.7. The molecule has 0 radical (unpaired) electrons. The van der Waals surface area contributed by atoms with Crippen LogP contribution in [0.2, 0.25) is 0 Å². The zero-order valence-corrected chi connectivity index (χ0v) is 15.7. The number of carbonyl (C=O) groups excluding carboxylic acids is 1. The number of likely N-dealkylation sites (N-methyl/N-ethyl adjacent to an activating group) is 1. The fourth-order valence-electron chi connectivity index (χ4n) is 2.46. The van der Waals surface area contributed by atoms with Crippen molar-refractivity contribution in [2.24, 2.45) is 5.73 Å². The Morgan fingerprint density at radius 1 is 1.29 bits per heavy atom. The first-order valence-corrected chi connectivity index (χ1v) is 8.58. The van der Waals surface area contributed by atoms with E-state index in [0.29, 0.717) is 25.5 Å². The van der Waals surface area contributed by atoms with Crippen molar-refractivity contribution >= 4 is 29.7 Å². The fourth-order valence-corrected chi connectivity index (χ4v) is 2.46. The number of hydrogen-bond acceptors (Lipinski definition) is 10. The van der Waals surface area contributed by atoms with Gasteiger partial charge >= 0.3 is 17.9 Å². The quantitative estimate of drug-likeness (QED) is 0.286. The number of anilines is 2. The third kappa shape index (κ3) is 8.14. The minimum Gasteiger partial charge on any atom is -0.481 e. The van der Waals surface area contributed by atoms with E-state index in [1.54, 1.807) is 11.0 Å². The van der Waals surface area contributed by atoms with Crippen molar-refractivity contribution in [3.05, 3.63) is 12.3 Å². The summed E-state index contributed by atoms with van der Waals surface area (Å²) < 4.78 is 5.15. The lowest BCUT2D eigenvalue weighted by Crippen LogP contribution is -2.42. The van der Waals surface area contributed by atoms with Gasteiger partial charge in [-0.15, -0.1) is 0 Å². The van der Waals surface area contributed by atoms with Crippen LogP contribution in [0, 0.1) is 0 Å². The van der Waals surface area contributed by atoms with E-state index in [-0.39, 0.29) is 31.9 Å². The Balaban J connectivity index is 2.52. The van der Waals surface area contributed by atoms with E-state index in [9.17, 15) is 19.5 Å². The Hall–Kier alpha value is -2.99. The van der Waals surface area contributed by atoms with Crippen LogP contribution in [0.25, 0.3) is 0 Å². The smallest absolute Gasteiger partial charge is 0.320 e. The summed E-state index contributed by atoms with van der Waals surface area (Å²) >= 11 is 0. The maximum Gasteiger partial charge on any atom is 0.320 e. The second-order valence-corrected chi connectivity index (χ2v) is 5.97. The van der Waals surface area contributed by atoms with E-state index in [1.807, 2.05) is 0 Å². The van der Waals surface area contributed by atoms with Crippen LogP contribution in [0.15, 0.2) is 12.3 Å². The van der Waals surface area contributed by atoms with Crippen LogP contribution in [0.1, 0.15) is 12.8 Å². The van der Waals surface area contributed by atoms with E-state index in [2.05, 4.69) is 9.97 Å². The van der Waals surface area contributed by atoms with Gasteiger partial charge in [0, 0.05) is 25.7 Å². The first-order chi connectivity index (χ1) is 13.2. The molecule has 0 unspecified atom stereocenters. The summed E-state index contributed by atoms with van der Waals surface area (Å²) in [4.78, 5) is 44.8. The molecule has 0 aliphatic rings. The van der Waals surface area contributed by atoms with Crippen molar-refractivity contribution in [3.8, 4) is 0 Å². The van der Waals surface area contributed by atoms with Crippen LogP contribution < -0.4 is 16.4 Å². The molecule has 0 saturated carbocycles. The number of nitrogens with two attached hydrogens (primary N) is 2. The third-order valence-electron chi connectivity index (χ3n) is 3.83. The Kier molecular flexibility index (Phi) is 9.60. The van der Waals surface area contributed by atoms with Crippen molar-refractivity contribution in [1.82, 2.24) is 14.9 Å². The van der Waals surface area contributed by atoms with Crippen LogP contribution in [0.4, 0.5) is 11.8 Å². The lowest BCUT2D eigenvalue weighted by molar-refractivity contribution is -0.148. The maximum absolute atomic E-state index is 12.0. The standard InChI is InChI=1S/C16H26N6O6/c1-21(11(15(26)27)2-3-13(23)24)10-14(25)28-9-8-22(7-5-17)12-4-6-19-16(18)20-12/h4,6,11H,2-3,5,7-10,17H2,1H3,(H,23,24)(H,26,27)(H2,18,19,20)/t11-/m1/s1. The monoisotopic (exact) mass is 398 g/mol. The van der Waals surface area contributed by atoms with Gasteiger partial charge in [-0.2, -0.15) is 4.98 Å². The molecule has 0 aliphatic heterocycles. The summed E-state index contributed by atoms with van der Waals surface area (Å²) in [5.74, 6) is -2.27. The van der Waals surface area contributed by atoms with E-state index in [0.717, 1.165) is 0 Å². The van der Waals surface area contributed by atoms with E-state index in [1.165, 1.54) is 18.1 Å². The molecule has 0 amide bonds. The van der Waals surface area contributed by atoms with Gasteiger partial charge in [-0.3, -0.25) is 19.3 Å². The minimum atomic E-state index is -1.20. The minimum absolute atomic E-state index is 0.0312. The van der Waals surface area contributed by atoms with Crippen LogP contribution in [-0.2, 0) is 19.1 Å². The highest BCUT2D eigenvalue weighted by Crippen LogP contribution is 2.10. The second-order valence-electron chi connectivity index (χ2n) is 5.97.